The first-order valence-corrected chi connectivity index (χ1v) is 6.06. The quantitative estimate of drug-likeness (QED) is 0.808. The van der Waals surface area contributed by atoms with Gasteiger partial charge in [0.2, 0.25) is 5.95 Å². The first-order chi connectivity index (χ1) is 8.61. The molecule has 98 valence electrons. The minimum Gasteiger partial charge on any atom is -0.478 e. The third-order valence-corrected chi connectivity index (χ3v) is 3.40. The second-order valence-corrected chi connectivity index (χ2v) is 4.78. The van der Waals surface area contributed by atoms with E-state index in [1.54, 1.807) is 0 Å². The summed E-state index contributed by atoms with van der Waals surface area (Å²) in [5, 5.41) is 12.0. The predicted molar refractivity (Wildman–Crippen MR) is 67.8 cm³/mol. The summed E-state index contributed by atoms with van der Waals surface area (Å²) >= 11 is 0. The van der Waals surface area contributed by atoms with Gasteiger partial charge in [-0.3, -0.25) is 0 Å². The number of hydrogen-bond donors (Lipinski definition) is 2. The van der Waals surface area contributed by atoms with Crippen LogP contribution in [0, 0.1) is 11.8 Å². The van der Waals surface area contributed by atoms with E-state index in [1.165, 1.54) is 12.4 Å². The Morgan fingerprint density at radius 2 is 2.17 bits per heavy atom. The molecule has 0 aromatic carbocycles. The van der Waals surface area contributed by atoms with Crippen molar-refractivity contribution in [3.63, 3.8) is 0 Å². The molecule has 2 unspecified atom stereocenters. The van der Waals surface area contributed by atoms with E-state index in [-0.39, 0.29) is 5.56 Å². The molecule has 6 heteroatoms. The van der Waals surface area contributed by atoms with Gasteiger partial charge in [0.25, 0.3) is 0 Å². The highest BCUT2D eigenvalue weighted by Gasteiger charge is 2.30. The van der Waals surface area contributed by atoms with Gasteiger partial charge in [-0.05, 0) is 25.4 Å². The van der Waals surface area contributed by atoms with Crippen LogP contribution in [0.25, 0.3) is 0 Å². The van der Waals surface area contributed by atoms with Crippen LogP contribution in [0.4, 0.5) is 5.95 Å². The Morgan fingerprint density at radius 1 is 1.50 bits per heavy atom. The predicted octanol–water partition coefficient (Wildman–Crippen LogP) is 0.466. The highest BCUT2D eigenvalue weighted by Crippen LogP contribution is 2.25. The average Bonchev–Trinajstić information content (AvgIpc) is 2.72. The number of carboxylic acids is 1. The van der Waals surface area contributed by atoms with Gasteiger partial charge in [0.05, 0.1) is 5.56 Å². The Bertz CT molecular complexity index is 421. The maximum Gasteiger partial charge on any atom is 0.338 e. The number of nitrogens with zero attached hydrogens (tertiary/aromatic N) is 3. The Morgan fingerprint density at radius 3 is 2.72 bits per heavy atom. The van der Waals surface area contributed by atoms with Crippen molar-refractivity contribution in [1.29, 1.82) is 0 Å². The SMILES string of the molecule is CNCC1CN(c2ncc(C(=O)O)cn2)CC1C. The summed E-state index contributed by atoms with van der Waals surface area (Å²) in [6, 6.07) is 0. The van der Waals surface area contributed by atoms with Gasteiger partial charge in [0.1, 0.15) is 0 Å². The van der Waals surface area contributed by atoms with Crippen molar-refractivity contribution < 1.29 is 9.90 Å². The molecule has 0 radical (unpaired) electrons. The van der Waals surface area contributed by atoms with Crippen LogP contribution < -0.4 is 10.2 Å². The van der Waals surface area contributed by atoms with E-state index in [9.17, 15) is 4.79 Å². The highest BCUT2D eigenvalue weighted by molar-refractivity contribution is 5.86. The molecule has 0 aliphatic carbocycles. The number of rotatable bonds is 4. The number of anilines is 1. The molecule has 2 heterocycles. The Hall–Kier alpha value is -1.69. The van der Waals surface area contributed by atoms with E-state index in [0.717, 1.165) is 19.6 Å². The van der Waals surface area contributed by atoms with Crippen LogP contribution in [0.2, 0.25) is 0 Å². The van der Waals surface area contributed by atoms with Crippen molar-refractivity contribution in [3.8, 4) is 0 Å². The van der Waals surface area contributed by atoms with Gasteiger partial charge in [0.15, 0.2) is 0 Å². The third-order valence-electron chi connectivity index (χ3n) is 3.40. The fourth-order valence-corrected chi connectivity index (χ4v) is 2.32. The second kappa shape index (κ2) is 5.30. The minimum atomic E-state index is -0.996. The van der Waals surface area contributed by atoms with Crippen molar-refractivity contribution in [2.75, 3.05) is 31.6 Å². The lowest BCUT2D eigenvalue weighted by Crippen LogP contribution is -2.26. The number of nitrogens with one attached hydrogen (secondary N) is 1. The molecule has 0 saturated carbocycles. The molecule has 2 rings (SSSR count). The molecule has 2 N–H and O–H groups in total. The highest BCUT2D eigenvalue weighted by atomic mass is 16.4. The van der Waals surface area contributed by atoms with Gasteiger partial charge >= 0.3 is 5.97 Å². The zero-order valence-corrected chi connectivity index (χ0v) is 10.6. The summed E-state index contributed by atoms with van der Waals surface area (Å²) in [5.41, 5.74) is 0.123. The molecule has 2 atom stereocenters. The average molecular weight is 250 g/mol. The molecular formula is C12H18N4O2. The molecule has 18 heavy (non-hydrogen) atoms. The molecular weight excluding hydrogens is 232 g/mol. The fraction of sp³-hybridized carbons (Fsp3) is 0.583. The first-order valence-electron chi connectivity index (χ1n) is 6.06. The van der Waals surface area contributed by atoms with E-state index in [0.29, 0.717) is 17.8 Å². The molecule has 0 bridgehead atoms. The summed E-state index contributed by atoms with van der Waals surface area (Å²) < 4.78 is 0. The lowest BCUT2D eigenvalue weighted by Gasteiger charge is -2.15. The number of carboxylic acid groups (broad SMARTS) is 1. The molecule has 0 amide bonds. The summed E-state index contributed by atoms with van der Waals surface area (Å²) in [6.07, 6.45) is 2.72. The summed E-state index contributed by atoms with van der Waals surface area (Å²) in [5.74, 6) is 0.785. The summed E-state index contributed by atoms with van der Waals surface area (Å²) in [6.45, 7) is 5.02. The minimum absolute atomic E-state index is 0.123. The van der Waals surface area contributed by atoms with Crippen LogP contribution in [-0.4, -0.2) is 47.7 Å². The van der Waals surface area contributed by atoms with Gasteiger partial charge < -0.3 is 15.3 Å². The Balaban J connectivity index is 2.06. The maximum absolute atomic E-state index is 10.7. The second-order valence-electron chi connectivity index (χ2n) is 4.78. The summed E-state index contributed by atoms with van der Waals surface area (Å²) in [4.78, 5) is 21.1. The van der Waals surface area contributed by atoms with Crippen LogP contribution in [-0.2, 0) is 0 Å². The summed E-state index contributed by atoms with van der Waals surface area (Å²) in [7, 11) is 1.95. The Labute approximate surface area is 106 Å². The van der Waals surface area contributed by atoms with Gasteiger partial charge in [0, 0.05) is 25.5 Å². The Kier molecular flexibility index (Phi) is 3.76. The molecule has 0 spiro atoms. The van der Waals surface area contributed by atoms with Gasteiger partial charge in [-0.15, -0.1) is 0 Å². The van der Waals surface area contributed by atoms with E-state index in [4.69, 9.17) is 5.11 Å². The third kappa shape index (κ3) is 2.59. The van der Waals surface area contributed by atoms with Crippen LogP contribution >= 0.6 is 0 Å². The molecule has 1 aliphatic heterocycles. The largest absolute Gasteiger partial charge is 0.478 e. The van der Waals surface area contributed by atoms with Crippen LogP contribution in [0.3, 0.4) is 0 Å². The molecule has 1 fully saturated rings. The number of aromatic nitrogens is 2. The lowest BCUT2D eigenvalue weighted by atomic mass is 9.98. The van der Waals surface area contributed by atoms with Crippen molar-refractivity contribution in [1.82, 2.24) is 15.3 Å². The van der Waals surface area contributed by atoms with Crippen LogP contribution in [0.15, 0.2) is 12.4 Å². The fourth-order valence-electron chi connectivity index (χ4n) is 2.32. The zero-order chi connectivity index (χ0) is 13.1. The van der Waals surface area contributed by atoms with Crippen molar-refractivity contribution in [2.45, 2.75) is 6.92 Å². The van der Waals surface area contributed by atoms with Gasteiger partial charge in [-0.2, -0.15) is 0 Å². The monoisotopic (exact) mass is 250 g/mol. The zero-order valence-electron chi connectivity index (χ0n) is 10.6. The molecule has 1 saturated heterocycles. The van der Waals surface area contributed by atoms with Crippen LogP contribution in [0.1, 0.15) is 17.3 Å². The van der Waals surface area contributed by atoms with Crippen molar-refractivity contribution in [3.05, 3.63) is 18.0 Å². The van der Waals surface area contributed by atoms with Crippen molar-refractivity contribution in [2.24, 2.45) is 11.8 Å². The topological polar surface area (TPSA) is 78.4 Å². The van der Waals surface area contributed by atoms with Gasteiger partial charge in [-0.1, -0.05) is 6.92 Å². The number of aromatic carboxylic acids is 1. The number of hydrogen-bond acceptors (Lipinski definition) is 5. The number of carbonyl (C=O) groups is 1. The van der Waals surface area contributed by atoms with E-state index in [1.807, 2.05) is 7.05 Å². The molecule has 1 aromatic heterocycles. The lowest BCUT2D eigenvalue weighted by molar-refractivity contribution is 0.0696. The first kappa shape index (κ1) is 12.8. The molecule has 6 nitrogen and oxygen atoms in total. The normalized spacial score (nSPS) is 23.3. The van der Waals surface area contributed by atoms with E-state index >= 15 is 0 Å². The maximum atomic E-state index is 10.7. The van der Waals surface area contributed by atoms with E-state index in [2.05, 4.69) is 27.1 Å². The molecule has 1 aromatic rings. The smallest absolute Gasteiger partial charge is 0.338 e. The van der Waals surface area contributed by atoms with Crippen molar-refractivity contribution >= 4 is 11.9 Å². The van der Waals surface area contributed by atoms with Crippen LogP contribution in [0.5, 0.6) is 0 Å². The van der Waals surface area contributed by atoms with E-state index < -0.39 is 5.97 Å². The molecule has 1 aliphatic rings. The standard InChI is InChI=1S/C12H18N4O2/c1-8-6-16(7-10(8)3-13-2)12-14-4-9(5-15-12)11(17)18/h4-5,8,10,13H,3,6-7H2,1-2H3,(H,17,18). The van der Waals surface area contributed by atoms with Gasteiger partial charge in [-0.25, -0.2) is 14.8 Å².